The highest BCUT2D eigenvalue weighted by atomic mass is 16.2. The van der Waals surface area contributed by atoms with E-state index in [4.69, 9.17) is 5.73 Å². The van der Waals surface area contributed by atoms with E-state index in [1.807, 2.05) is 17.6 Å². The van der Waals surface area contributed by atoms with E-state index in [-0.39, 0.29) is 11.0 Å². The van der Waals surface area contributed by atoms with Crippen molar-refractivity contribution in [2.45, 2.75) is 13.5 Å². The maximum absolute atomic E-state index is 12.3. The molecule has 2 aromatic heterocycles. The first kappa shape index (κ1) is 11.5. The molecule has 96 valence electrons. The highest BCUT2D eigenvalue weighted by molar-refractivity contribution is 5.99. The number of primary amides is 1. The number of pyridine rings is 1. The molecule has 0 aliphatic rings. The molecule has 0 saturated carbocycles. The topological polar surface area (TPSA) is 93.8 Å². The van der Waals surface area contributed by atoms with Crippen LogP contribution in [0.1, 0.15) is 17.3 Å². The van der Waals surface area contributed by atoms with Gasteiger partial charge in [-0.05, 0) is 19.1 Å². The molecular formula is C13H12N4O2. The van der Waals surface area contributed by atoms with Crippen molar-refractivity contribution in [1.82, 2.24) is 14.5 Å². The van der Waals surface area contributed by atoms with Crippen LogP contribution in [0.15, 0.2) is 29.5 Å². The number of benzene rings is 1. The van der Waals surface area contributed by atoms with Crippen molar-refractivity contribution in [2.75, 3.05) is 0 Å². The van der Waals surface area contributed by atoms with Crippen LogP contribution in [0.3, 0.4) is 0 Å². The number of hydrogen-bond donors (Lipinski definition) is 2. The molecule has 3 aromatic rings. The molecule has 0 radical (unpaired) electrons. The summed E-state index contributed by atoms with van der Waals surface area (Å²) >= 11 is 0. The molecule has 0 saturated heterocycles. The molecule has 0 aliphatic heterocycles. The lowest BCUT2D eigenvalue weighted by Crippen LogP contribution is -2.24. The summed E-state index contributed by atoms with van der Waals surface area (Å²) in [6.45, 7) is 2.57. The number of fused-ring (bicyclic) bond motifs is 2. The van der Waals surface area contributed by atoms with Crippen LogP contribution in [0, 0.1) is 0 Å². The van der Waals surface area contributed by atoms with E-state index in [9.17, 15) is 9.59 Å². The van der Waals surface area contributed by atoms with Gasteiger partial charge in [0.05, 0.1) is 22.9 Å². The van der Waals surface area contributed by atoms with E-state index >= 15 is 0 Å². The van der Waals surface area contributed by atoms with Crippen molar-refractivity contribution >= 4 is 27.8 Å². The first-order chi connectivity index (χ1) is 9.11. The Kier molecular flexibility index (Phi) is 2.38. The van der Waals surface area contributed by atoms with Crippen LogP contribution in [-0.2, 0) is 6.54 Å². The zero-order valence-electron chi connectivity index (χ0n) is 10.3. The molecule has 0 fully saturated rings. The number of H-pyrrole nitrogens is 1. The van der Waals surface area contributed by atoms with Crippen molar-refractivity contribution in [3.05, 3.63) is 40.4 Å². The van der Waals surface area contributed by atoms with Gasteiger partial charge in [-0.1, -0.05) is 0 Å². The second-order valence-corrected chi connectivity index (χ2v) is 4.31. The van der Waals surface area contributed by atoms with E-state index in [2.05, 4.69) is 9.97 Å². The van der Waals surface area contributed by atoms with E-state index in [0.717, 1.165) is 16.6 Å². The number of rotatable bonds is 2. The van der Waals surface area contributed by atoms with Crippen LogP contribution in [0.4, 0.5) is 0 Å². The number of imidazole rings is 1. The minimum Gasteiger partial charge on any atom is -0.365 e. The van der Waals surface area contributed by atoms with Gasteiger partial charge < -0.3 is 15.3 Å². The summed E-state index contributed by atoms with van der Waals surface area (Å²) in [5, 5.41) is 0.468. The van der Waals surface area contributed by atoms with Crippen molar-refractivity contribution in [3.8, 4) is 0 Å². The molecule has 0 atom stereocenters. The first-order valence-electron chi connectivity index (χ1n) is 5.92. The van der Waals surface area contributed by atoms with Gasteiger partial charge in [-0.15, -0.1) is 0 Å². The number of nitrogens with two attached hydrogens (primary N) is 1. The maximum atomic E-state index is 12.3. The Labute approximate surface area is 107 Å². The Hall–Kier alpha value is -2.63. The zero-order valence-corrected chi connectivity index (χ0v) is 10.3. The fourth-order valence-corrected chi connectivity index (χ4v) is 2.26. The number of nitrogens with one attached hydrogen (secondary N) is 1. The molecule has 1 aromatic carbocycles. The average molecular weight is 256 g/mol. The number of hydrogen-bond acceptors (Lipinski definition) is 3. The third-order valence-electron chi connectivity index (χ3n) is 3.23. The molecule has 19 heavy (non-hydrogen) atoms. The van der Waals surface area contributed by atoms with Crippen LogP contribution in [-0.4, -0.2) is 20.4 Å². The average Bonchev–Trinajstić information content (AvgIpc) is 2.84. The molecule has 3 rings (SSSR count). The predicted molar refractivity (Wildman–Crippen MR) is 72.1 cm³/mol. The number of aromatic nitrogens is 3. The summed E-state index contributed by atoms with van der Waals surface area (Å²) in [5.74, 6) is -0.709. The van der Waals surface area contributed by atoms with Gasteiger partial charge in [0.25, 0.3) is 5.91 Å². The van der Waals surface area contributed by atoms with Crippen LogP contribution in [0.2, 0.25) is 0 Å². The van der Waals surface area contributed by atoms with Gasteiger partial charge in [-0.2, -0.15) is 0 Å². The van der Waals surface area contributed by atoms with Gasteiger partial charge >= 0.3 is 0 Å². The number of aryl methyl sites for hydroxylation is 1. The van der Waals surface area contributed by atoms with Gasteiger partial charge in [0, 0.05) is 18.1 Å². The summed E-state index contributed by atoms with van der Waals surface area (Å²) in [4.78, 5) is 30.7. The van der Waals surface area contributed by atoms with E-state index < -0.39 is 5.91 Å². The monoisotopic (exact) mass is 256 g/mol. The Morgan fingerprint density at radius 2 is 2.26 bits per heavy atom. The fraction of sp³-hybridized carbons (Fsp3) is 0.154. The highest BCUT2D eigenvalue weighted by Gasteiger charge is 2.13. The first-order valence-corrected chi connectivity index (χ1v) is 5.92. The number of amides is 1. The molecule has 1 amide bonds. The Bertz CT molecular complexity index is 860. The highest BCUT2D eigenvalue weighted by Crippen LogP contribution is 2.18. The minimum absolute atomic E-state index is 0.00761. The van der Waals surface area contributed by atoms with Crippen molar-refractivity contribution in [1.29, 1.82) is 0 Å². The summed E-state index contributed by atoms with van der Waals surface area (Å²) in [6.07, 6.45) is 3.07. The minimum atomic E-state index is -0.709. The Morgan fingerprint density at radius 3 is 2.95 bits per heavy atom. The molecule has 6 nitrogen and oxygen atoms in total. The molecule has 0 bridgehead atoms. The van der Waals surface area contributed by atoms with Crippen molar-refractivity contribution in [2.24, 2.45) is 5.73 Å². The van der Waals surface area contributed by atoms with E-state index in [1.54, 1.807) is 12.4 Å². The quantitative estimate of drug-likeness (QED) is 0.716. The van der Waals surface area contributed by atoms with Gasteiger partial charge in [-0.3, -0.25) is 9.59 Å². The molecule has 3 N–H and O–H groups in total. The van der Waals surface area contributed by atoms with Crippen LogP contribution in [0.25, 0.3) is 21.9 Å². The predicted octanol–water partition coefficient (Wildman–Crippen LogP) is 0.997. The smallest absolute Gasteiger partial charge is 0.254 e. The van der Waals surface area contributed by atoms with Crippen molar-refractivity contribution < 1.29 is 4.79 Å². The number of aromatic amines is 1. The molecule has 6 heteroatoms. The molecule has 0 aliphatic carbocycles. The third kappa shape index (κ3) is 1.61. The van der Waals surface area contributed by atoms with E-state index in [0.29, 0.717) is 11.9 Å². The van der Waals surface area contributed by atoms with Gasteiger partial charge in [-0.25, -0.2) is 4.98 Å². The fourth-order valence-electron chi connectivity index (χ4n) is 2.26. The summed E-state index contributed by atoms with van der Waals surface area (Å²) in [5.41, 5.74) is 7.20. The second-order valence-electron chi connectivity index (χ2n) is 4.31. The molecule has 0 spiro atoms. The van der Waals surface area contributed by atoms with Gasteiger partial charge in [0.15, 0.2) is 0 Å². The maximum Gasteiger partial charge on any atom is 0.254 e. The van der Waals surface area contributed by atoms with Gasteiger partial charge in [0.1, 0.15) is 5.56 Å². The largest absolute Gasteiger partial charge is 0.365 e. The zero-order chi connectivity index (χ0) is 13.6. The van der Waals surface area contributed by atoms with Crippen LogP contribution in [0.5, 0.6) is 0 Å². The summed E-state index contributed by atoms with van der Waals surface area (Å²) in [7, 11) is 0. The number of carbonyl (C=O) groups excluding carboxylic acids is 1. The number of nitrogens with zero attached hydrogens (tertiary/aromatic N) is 2. The molecule has 2 heterocycles. The summed E-state index contributed by atoms with van der Waals surface area (Å²) < 4.78 is 1.82. The SMILES string of the molecule is CCn1cc(C(N)=O)c(=O)c2cc3[nH]cnc3cc21. The lowest BCUT2D eigenvalue weighted by Gasteiger charge is -2.10. The Balaban J connectivity index is 2.54. The van der Waals surface area contributed by atoms with Crippen LogP contribution >= 0.6 is 0 Å². The van der Waals surface area contributed by atoms with Gasteiger partial charge in [0.2, 0.25) is 5.43 Å². The Morgan fingerprint density at radius 1 is 1.47 bits per heavy atom. The lowest BCUT2D eigenvalue weighted by atomic mass is 10.1. The lowest BCUT2D eigenvalue weighted by molar-refractivity contribution is 0.0999. The van der Waals surface area contributed by atoms with E-state index in [1.165, 1.54) is 6.20 Å². The number of carbonyl (C=O) groups is 1. The summed E-state index contributed by atoms with van der Waals surface area (Å²) in [6, 6.07) is 3.54. The normalized spacial score (nSPS) is 11.2. The third-order valence-corrected chi connectivity index (χ3v) is 3.23. The molecular weight excluding hydrogens is 244 g/mol. The van der Waals surface area contributed by atoms with Crippen LogP contribution < -0.4 is 11.2 Å². The second kappa shape index (κ2) is 3.94. The molecule has 0 unspecified atom stereocenters. The standard InChI is InChI=1S/C13H12N4O2/c1-2-17-5-8(13(14)19)12(18)7-3-9-10(4-11(7)17)16-6-15-9/h3-6H,2H2,1H3,(H2,14,19)(H,15,16). The van der Waals surface area contributed by atoms with Crippen molar-refractivity contribution in [3.63, 3.8) is 0 Å².